The Balaban J connectivity index is 2.31. The standard InChI is InChI=1S/C18H25N3O5/c1-12(18(25)26)11-14-3-5-15(6-4-14)21-17(24)8-7-16(23)20-10-9-19-13(2)22/h3-6,12H,7-11H2,1-2H3,(H,19,22)(H,20,23)(H,21,24)(H,25,26). The fraction of sp³-hybridized carbons (Fsp3) is 0.444. The minimum absolute atomic E-state index is 0.0454. The quantitative estimate of drug-likeness (QED) is 0.460. The Morgan fingerprint density at radius 1 is 0.962 bits per heavy atom. The molecule has 0 radical (unpaired) electrons. The monoisotopic (exact) mass is 363 g/mol. The zero-order valence-corrected chi connectivity index (χ0v) is 15.0. The highest BCUT2D eigenvalue weighted by molar-refractivity contribution is 5.93. The van der Waals surface area contributed by atoms with Crippen LogP contribution in [-0.4, -0.2) is 41.9 Å². The summed E-state index contributed by atoms with van der Waals surface area (Å²) in [6, 6.07) is 6.94. The SMILES string of the molecule is CC(=O)NCCNC(=O)CCC(=O)Nc1ccc(CC(C)C(=O)O)cc1. The number of carbonyl (C=O) groups is 4. The zero-order valence-electron chi connectivity index (χ0n) is 15.0. The number of carboxylic acid groups (broad SMARTS) is 1. The van der Waals surface area contributed by atoms with Gasteiger partial charge < -0.3 is 21.1 Å². The maximum atomic E-state index is 11.9. The van der Waals surface area contributed by atoms with Crippen molar-refractivity contribution in [2.75, 3.05) is 18.4 Å². The van der Waals surface area contributed by atoms with Gasteiger partial charge >= 0.3 is 5.97 Å². The van der Waals surface area contributed by atoms with Gasteiger partial charge in [0.1, 0.15) is 0 Å². The summed E-state index contributed by atoms with van der Waals surface area (Å²) in [6.07, 6.45) is 0.520. The summed E-state index contributed by atoms with van der Waals surface area (Å²) < 4.78 is 0. The normalized spacial score (nSPS) is 11.3. The number of hydrogen-bond donors (Lipinski definition) is 4. The second kappa shape index (κ2) is 10.9. The van der Waals surface area contributed by atoms with E-state index in [1.807, 2.05) is 0 Å². The molecule has 3 amide bonds. The second-order valence-electron chi connectivity index (χ2n) is 6.02. The van der Waals surface area contributed by atoms with Crippen molar-refractivity contribution in [3.63, 3.8) is 0 Å². The average Bonchev–Trinajstić information content (AvgIpc) is 2.58. The van der Waals surface area contributed by atoms with Crippen molar-refractivity contribution in [3.05, 3.63) is 29.8 Å². The molecular weight excluding hydrogens is 338 g/mol. The van der Waals surface area contributed by atoms with Gasteiger partial charge in [0, 0.05) is 38.5 Å². The molecule has 26 heavy (non-hydrogen) atoms. The smallest absolute Gasteiger partial charge is 0.306 e. The van der Waals surface area contributed by atoms with Crippen LogP contribution in [0.1, 0.15) is 32.3 Å². The Labute approximate surface area is 152 Å². The minimum atomic E-state index is -0.849. The van der Waals surface area contributed by atoms with Crippen LogP contribution >= 0.6 is 0 Å². The van der Waals surface area contributed by atoms with Gasteiger partial charge in [0.05, 0.1) is 5.92 Å². The molecule has 1 rings (SSSR count). The van der Waals surface area contributed by atoms with Gasteiger partial charge in [-0.1, -0.05) is 19.1 Å². The summed E-state index contributed by atoms with van der Waals surface area (Å²) in [6.45, 7) is 3.70. The lowest BCUT2D eigenvalue weighted by atomic mass is 10.0. The van der Waals surface area contributed by atoms with Crippen molar-refractivity contribution >= 4 is 29.4 Å². The number of anilines is 1. The summed E-state index contributed by atoms with van der Waals surface area (Å²) in [5.74, 6) is -2.03. The van der Waals surface area contributed by atoms with Crippen LogP contribution in [0.5, 0.6) is 0 Å². The molecule has 142 valence electrons. The number of carboxylic acids is 1. The van der Waals surface area contributed by atoms with Crippen LogP contribution in [0.15, 0.2) is 24.3 Å². The molecule has 4 N–H and O–H groups in total. The predicted molar refractivity (Wildman–Crippen MR) is 96.5 cm³/mol. The molecule has 1 aromatic carbocycles. The second-order valence-corrected chi connectivity index (χ2v) is 6.02. The molecule has 0 aliphatic rings. The first-order valence-corrected chi connectivity index (χ1v) is 8.40. The van der Waals surface area contributed by atoms with Crippen LogP contribution in [0, 0.1) is 5.92 Å². The lowest BCUT2D eigenvalue weighted by Gasteiger charge is -2.09. The lowest BCUT2D eigenvalue weighted by Crippen LogP contribution is -2.33. The van der Waals surface area contributed by atoms with Gasteiger partial charge in [0.25, 0.3) is 0 Å². The van der Waals surface area contributed by atoms with E-state index in [1.165, 1.54) is 6.92 Å². The molecule has 0 saturated carbocycles. The van der Waals surface area contributed by atoms with Crippen LogP contribution in [0.4, 0.5) is 5.69 Å². The fourth-order valence-corrected chi connectivity index (χ4v) is 2.14. The molecule has 0 spiro atoms. The van der Waals surface area contributed by atoms with Gasteiger partial charge in [-0.3, -0.25) is 19.2 Å². The summed E-state index contributed by atoms with van der Waals surface area (Å²) in [4.78, 5) is 45.0. The number of amides is 3. The van der Waals surface area contributed by atoms with E-state index >= 15 is 0 Å². The Kier molecular flexibility index (Phi) is 8.83. The van der Waals surface area contributed by atoms with Crippen LogP contribution < -0.4 is 16.0 Å². The molecular formula is C18H25N3O5. The van der Waals surface area contributed by atoms with Gasteiger partial charge in [-0.25, -0.2) is 0 Å². The molecule has 0 aromatic heterocycles. The first kappa shape index (κ1) is 21.1. The molecule has 0 fully saturated rings. The van der Waals surface area contributed by atoms with Gasteiger partial charge in [-0.15, -0.1) is 0 Å². The third kappa shape index (κ3) is 8.81. The molecule has 1 unspecified atom stereocenters. The first-order valence-electron chi connectivity index (χ1n) is 8.40. The largest absolute Gasteiger partial charge is 0.481 e. The number of hydrogen-bond acceptors (Lipinski definition) is 4. The van der Waals surface area contributed by atoms with E-state index in [0.29, 0.717) is 25.2 Å². The summed E-state index contributed by atoms with van der Waals surface area (Å²) in [5, 5.41) is 16.8. The van der Waals surface area contributed by atoms with Gasteiger partial charge in [0.2, 0.25) is 17.7 Å². The van der Waals surface area contributed by atoms with Crippen molar-refractivity contribution in [2.45, 2.75) is 33.1 Å². The average molecular weight is 363 g/mol. The molecule has 8 heteroatoms. The highest BCUT2D eigenvalue weighted by Crippen LogP contribution is 2.14. The van der Waals surface area contributed by atoms with E-state index in [4.69, 9.17) is 5.11 Å². The lowest BCUT2D eigenvalue weighted by molar-refractivity contribution is -0.141. The van der Waals surface area contributed by atoms with Crippen LogP contribution in [0.2, 0.25) is 0 Å². The van der Waals surface area contributed by atoms with E-state index in [9.17, 15) is 19.2 Å². The Morgan fingerprint density at radius 3 is 2.12 bits per heavy atom. The number of benzene rings is 1. The van der Waals surface area contributed by atoms with Crippen LogP contribution in [-0.2, 0) is 25.6 Å². The number of nitrogens with one attached hydrogen (secondary N) is 3. The van der Waals surface area contributed by atoms with Gasteiger partial charge in [-0.05, 0) is 24.1 Å². The molecule has 8 nitrogen and oxygen atoms in total. The number of aliphatic carboxylic acids is 1. The molecule has 1 atom stereocenters. The topological polar surface area (TPSA) is 125 Å². The summed E-state index contributed by atoms with van der Waals surface area (Å²) >= 11 is 0. The van der Waals surface area contributed by atoms with Crippen molar-refractivity contribution in [1.29, 1.82) is 0 Å². The van der Waals surface area contributed by atoms with Gasteiger partial charge in [0.15, 0.2) is 0 Å². The Hall–Kier alpha value is -2.90. The maximum Gasteiger partial charge on any atom is 0.306 e. The van der Waals surface area contributed by atoms with Crippen molar-refractivity contribution in [3.8, 4) is 0 Å². The minimum Gasteiger partial charge on any atom is -0.481 e. The molecule has 0 heterocycles. The van der Waals surface area contributed by atoms with Crippen molar-refractivity contribution < 1.29 is 24.3 Å². The third-order valence-corrected chi connectivity index (χ3v) is 3.60. The molecule has 1 aromatic rings. The molecule has 0 saturated heterocycles. The van der Waals surface area contributed by atoms with E-state index in [0.717, 1.165) is 5.56 Å². The zero-order chi connectivity index (χ0) is 19.5. The number of carbonyl (C=O) groups excluding carboxylic acids is 3. The molecule has 0 bridgehead atoms. The van der Waals surface area contributed by atoms with E-state index in [-0.39, 0.29) is 30.6 Å². The Bertz CT molecular complexity index is 643. The van der Waals surface area contributed by atoms with E-state index < -0.39 is 11.9 Å². The van der Waals surface area contributed by atoms with Crippen molar-refractivity contribution in [1.82, 2.24) is 10.6 Å². The van der Waals surface area contributed by atoms with Crippen LogP contribution in [0.25, 0.3) is 0 Å². The highest BCUT2D eigenvalue weighted by Gasteiger charge is 2.12. The third-order valence-electron chi connectivity index (χ3n) is 3.60. The fourth-order valence-electron chi connectivity index (χ4n) is 2.14. The summed E-state index contributed by atoms with van der Waals surface area (Å²) in [7, 11) is 0. The molecule has 0 aliphatic carbocycles. The maximum absolute atomic E-state index is 11.9. The van der Waals surface area contributed by atoms with Crippen molar-refractivity contribution in [2.24, 2.45) is 5.92 Å². The van der Waals surface area contributed by atoms with E-state index in [2.05, 4.69) is 16.0 Å². The first-order chi connectivity index (χ1) is 12.3. The highest BCUT2D eigenvalue weighted by atomic mass is 16.4. The van der Waals surface area contributed by atoms with Gasteiger partial charge in [-0.2, -0.15) is 0 Å². The van der Waals surface area contributed by atoms with Crippen LogP contribution in [0.3, 0.4) is 0 Å². The molecule has 0 aliphatic heterocycles. The number of rotatable bonds is 10. The summed E-state index contributed by atoms with van der Waals surface area (Å²) in [5.41, 5.74) is 1.46. The Morgan fingerprint density at radius 2 is 1.54 bits per heavy atom. The van der Waals surface area contributed by atoms with E-state index in [1.54, 1.807) is 31.2 Å². The predicted octanol–water partition coefficient (Wildman–Crippen LogP) is 0.921.